The highest BCUT2D eigenvalue weighted by atomic mass is 19.4. The summed E-state index contributed by atoms with van der Waals surface area (Å²) < 4.78 is 60.5. The van der Waals surface area contributed by atoms with Gasteiger partial charge in [0.1, 0.15) is 0 Å². The van der Waals surface area contributed by atoms with E-state index in [1.165, 1.54) is 0 Å². The van der Waals surface area contributed by atoms with Gasteiger partial charge in [-0.1, -0.05) is 23.4 Å². The van der Waals surface area contributed by atoms with Crippen LogP contribution in [-0.4, -0.2) is 39.5 Å². The van der Waals surface area contributed by atoms with Crippen LogP contribution in [0.4, 0.5) is 34.6 Å². The summed E-state index contributed by atoms with van der Waals surface area (Å²) in [5, 5.41) is 27.2. The molecule has 6 aliphatic carbocycles. The monoisotopic (exact) mass is 663 g/mol. The number of benzene rings is 2. The first-order chi connectivity index (χ1) is 22.8. The van der Waals surface area contributed by atoms with Crippen LogP contribution in [0.3, 0.4) is 0 Å². The number of nitriles is 1. The number of anilines is 3. The second-order valence-corrected chi connectivity index (χ2v) is 15.2. The molecular weight excluding hydrogens is 626 g/mol. The summed E-state index contributed by atoms with van der Waals surface area (Å²) in [4.78, 5) is 20.2. The number of alkyl halides is 4. The highest BCUT2D eigenvalue weighted by molar-refractivity contribution is 5.96. The predicted molar refractivity (Wildman–Crippen MR) is 167 cm³/mol. The molecule has 8 nitrogen and oxygen atoms in total. The maximum absolute atomic E-state index is 14.6. The lowest BCUT2D eigenvalue weighted by molar-refractivity contribution is -0.295. The van der Waals surface area contributed by atoms with Gasteiger partial charge in [-0.05, 0) is 118 Å². The Morgan fingerprint density at radius 3 is 2.23 bits per heavy atom. The van der Waals surface area contributed by atoms with E-state index in [4.69, 9.17) is 4.52 Å². The van der Waals surface area contributed by atoms with Crippen LogP contribution in [-0.2, 0) is 21.3 Å². The standard InChI is InChI=1S/C36H37F4N5O3/c37-34(16-17-34)30-43-29(44-48-30)32-11-8-31(9-12-32,10-13-32)22-45(28(46)23-19-35(47,20-23)36(38,39)40)27-3-1-2-26(18-27)42-25-6-4-24(5-7-25)33(21-41)14-15-33/h1-7,18,23,42,47H,8-17,19-20,22H2. The molecule has 9 rings (SSSR count). The Bertz CT molecular complexity index is 1760. The molecule has 12 heteroatoms. The van der Waals surface area contributed by atoms with Crippen molar-refractivity contribution in [3.63, 3.8) is 0 Å². The number of aliphatic hydroxyl groups is 1. The van der Waals surface area contributed by atoms with E-state index < -0.39 is 47.5 Å². The topological polar surface area (TPSA) is 115 Å². The first kappa shape index (κ1) is 31.3. The number of aromatic nitrogens is 2. The fourth-order valence-electron chi connectivity index (χ4n) is 8.18. The molecule has 0 spiro atoms. The van der Waals surface area contributed by atoms with Crippen LogP contribution in [0.15, 0.2) is 53.1 Å². The van der Waals surface area contributed by atoms with Crippen molar-refractivity contribution in [3.8, 4) is 6.07 Å². The lowest BCUT2D eigenvalue weighted by Gasteiger charge is -2.54. The molecule has 252 valence electrons. The van der Waals surface area contributed by atoms with Crippen LogP contribution in [0.1, 0.15) is 94.3 Å². The maximum Gasteiger partial charge on any atom is 0.417 e. The van der Waals surface area contributed by atoms with Gasteiger partial charge in [-0.15, -0.1) is 0 Å². The Hall–Kier alpha value is -3.98. The van der Waals surface area contributed by atoms with Crippen molar-refractivity contribution in [1.82, 2.24) is 10.1 Å². The van der Waals surface area contributed by atoms with Gasteiger partial charge in [0, 0.05) is 34.9 Å². The third-order valence-electron chi connectivity index (χ3n) is 12.0. The number of carbonyl (C=O) groups excluding carboxylic acids is 1. The van der Waals surface area contributed by atoms with E-state index in [2.05, 4.69) is 21.5 Å². The third-order valence-corrected chi connectivity index (χ3v) is 12.0. The fourth-order valence-corrected chi connectivity index (χ4v) is 8.18. The number of fused-ring (bicyclic) bond motifs is 3. The number of halogens is 4. The molecule has 6 fully saturated rings. The minimum atomic E-state index is -4.80. The van der Waals surface area contributed by atoms with Crippen molar-refractivity contribution in [2.75, 3.05) is 16.8 Å². The van der Waals surface area contributed by atoms with Crippen LogP contribution in [0, 0.1) is 22.7 Å². The van der Waals surface area contributed by atoms with Crippen LogP contribution in [0.5, 0.6) is 0 Å². The lowest BCUT2D eigenvalue weighted by Crippen LogP contribution is -2.60. The van der Waals surface area contributed by atoms with Gasteiger partial charge in [0.2, 0.25) is 5.91 Å². The number of nitrogens with zero attached hydrogens (tertiary/aromatic N) is 4. The zero-order chi connectivity index (χ0) is 33.6. The third kappa shape index (κ3) is 5.16. The van der Waals surface area contributed by atoms with Gasteiger partial charge in [-0.2, -0.15) is 23.4 Å². The molecule has 1 aromatic heterocycles. The summed E-state index contributed by atoms with van der Waals surface area (Å²) >= 11 is 0. The Kier molecular flexibility index (Phi) is 6.85. The van der Waals surface area contributed by atoms with Crippen molar-refractivity contribution >= 4 is 23.0 Å². The summed E-state index contributed by atoms with van der Waals surface area (Å²) in [5.74, 6) is -0.764. The second-order valence-electron chi connectivity index (χ2n) is 15.2. The van der Waals surface area contributed by atoms with Gasteiger partial charge in [0.15, 0.2) is 17.1 Å². The molecular formula is C36H37F4N5O3. The second kappa shape index (κ2) is 10.5. The summed E-state index contributed by atoms with van der Waals surface area (Å²) in [7, 11) is 0. The van der Waals surface area contributed by atoms with E-state index in [1.54, 1.807) is 11.0 Å². The van der Waals surface area contributed by atoms with Gasteiger partial charge in [0.25, 0.3) is 5.89 Å². The van der Waals surface area contributed by atoms with Gasteiger partial charge in [0.05, 0.1) is 11.5 Å². The molecule has 0 saturated heterocycles. The van der Waals surface area contributed by atoms with Crippen LogP contribution >= 0.6 is 0 Å². The Morgan fingerprint density at radius 1 is 0.979 bits per heavy atom. The first-order valence-electron chi connectivity index (χ1n) is 16.8. The highest BCUT2D eigenvalue weighted by Gasteiger charge is 2.63. The van der Waals surface area contributed by atoms with E-state index in [-0.39, 0.29) is 16.7 Å². The van der Waals surface area contributed by atoms with E-state index in [0.717, 1.165) is 62.6 Å². The summed E-state index contributed by atoms with van der Waals surface area (Å²) in [5.41, 5.74) is -2.25. The molecule has 1 heterocycles. The molecule has 2 aromatic carbocycles. The molecule has 6 aliphatic rings. The zero-order valence-corrected chi connectivity index (χ0v) is 26.5. The molecule has 0 aliphatic heterocycles. The largest absolute Gasteiger partial charge is 0.417 e. The van der Waals surface area contributed by atoms with Crippen LogP contribution < -0.4 is 10.2 Å². The highest BCUT2D eigenvalue weighted by Crippen LogP contribution is 2.59. The van der Waals surface area contributed by atoms with Gasteiger partial charge in [-0.3, -0.25) is 4.79 Å². The van der Waals surface area contributed by atoms with E-state index >= 15 is 0 Å². The Balaban J connectivity index is 1.02. The van der Waals surface area contributed by atoms with E-state index in [1.807, 2.05) is 42.5 Å². The Labute approximate surface area is 275 Å². The molecule has 6 saturated carbocycles. The minimum Gasteiger partial charge on any atom is -0.380 e. The number of hydrogen-bond acceptors (Lipinski definition) is 7. The maximum atomic E-state index is 14.6. The lowest BCUT2D eigenvalue weighted by atomic mass is 9.53. The van der Waals surface area contributed by atoms with Crippen molar-refractivity contribution in [2.45, 2.75) is 105 Å². The van der Waals surface area contributed by atoms with E-state index in [9.17, 15) is 32.7 Å². The summed E-state index contributed by atoms with van der Waals surface area (Å²) in [6.45, 7) is 0.336. The van der Waals surface area contributed by atoms with Crippen molar-refractivity contribution in [3.05, 3.63) is 65.8 Å². The van der Waals surface area contributed by atoms with Crippen molar-refractivity contribution in [2.24, 2.45) is 11.3 Å². The normalized spacial score (nSPS) is 31.0. The van der Waals surface area contributed by atoms with Gasteiger partial charge < -0.3 is 19.8 Å². The molecule has 2 N–H and O–H groups in total. The molecule has 2 bridgehead atoms. The van der Waals surface area contributed by atoms with Crippen LogP contribution in [0.25, 0.3) is 0 Å². The smallest absolute Gasteiger partial charge is 0.380 e. The Morgan fingerprint density at radius 2 is 1.65 bits per heavy atom. The molecule has 0 unspecified atom stereocenters. The SMILES string of the molecule is N#CC1(c2ccc(Nc3cccc(N(CC45CCC(c6noc(C7(F)CC7)n6)(CC4)CC5)C(=O)C4CC(O)(C(F)(F)F)C4)c3)cc2)CC1. The summed E-state index contributed by atoms with van der Waals surface area (Å²) in [6.07, 6.45) is 0.870. The fraction of sp³-hybridized carbons (Fsp3) is 0.556. The average Bonchev–Trinajstić information content (AvgIpc) is 3.98. The van der Waals surface area contributed by atoms with E-state index in [0.29, 0.717) is 36.6 Å². The number of carbonyl (C=O) groups is 1. The predicted octanol–water partition coefficient (Wildman–Crippen LogP) is 7.66. The number of amides is 1. The van der Waals surface area contributed by atoms with Crippen molar-refractivity contribution < 1.29 is 32.0 Å². The number of rotatable bonds is 9. The van der Waals surface area contributed by atoms with Gasteiger partial charge in [-0.25, -0.2) is 4.39 Å². The first-order valence-corrected chi connectivity index (χ1v) is 16.8. The quantitative estimate of drug-likeness (QED) is 0.226. The molecule has 48 heavy (non-hydrogen) atoms. The van der Waals surface area contributed by atoms with Gasteiger partial charge >= 0.3 is 6.18 Å². The number of hydrogen-bond donors (Lipinski definition) is 2. The van der Waals surface area contributed by atoms with Crippen LogP contribution in [0.2, 0.25) is 0 Å². The molecule has 3 aromatic rings. The average molecular weight is 664 g/mol. The molecule has 1 amide bonds. The molecule has 0 radical (unpaired) electrons. The zero-order valence-electron chi connectivity index (χ0n) is 26.5. The minimum absolute atomic E-state index is 0.0591. The molecule has 0 atom stereocenters. The number of nitrogens with one attached hydrogen (secondary N) is 1. The van der Waals surface area contributed by atoms with Crippen molar-refractivity contribution in [1.29, 1.82) is 5.26 Å². The summed E-state index contributed by atoms with van der Waals surface area (Å²) in [6, 6.07) is 17.4.